The summed E-state index contributed by atoms with van der Waals surface area (Å²) < 4.78 is 63.2. The maximum atomic E-state index is 14.5. The molecule has 0 amide bonds. The molecule has 3 saturated heterocycles. The number of cyclic esters (lactones) is 1. The Morgan fingerprint density at radius 2 is 1.62 bits per heavy atom. The number of aromatic nitrogens is 3. The summed E-state index contributed by atoms with van der Waals surface area (Å²) in [6.07, 6.45) is -6.99. The second kappa shape index (κ2) is 23.0. The molecule has 4 heterocycles. The van der Waals surface area contributed by atoms with Crippen LogP contribution in [0.15, 0.2) is 35.4 Å². The Morgan fingerprint density at radius 1 is 0.971 bits per heavy atom. The zero-order valence-corrected chi connectivity index (χ0v) is 43.7. The van der Waals surface area contributed by atoms with E-state index in [9.17, 15) is 38.7 Å². The molecule has 0 saturated carbocycles. The predicted molar refractivity (Wildman–Crippen MR) is 254 cm³/mol. The van der Waals surface area contributed by atoms with E-state index in [0.717, 1.165) is 5.56 Å². The minimum atomic E-state index is -3.81. The van der Waals surface area contributed by atoms with E-state index in [1.54, 1.807) is 65.3 Å². The summed E-state index contributed by atoms with van der Waals surface area (Å²) in [7, 11) is 1.40. The largest absolute Gasteiger partial charge is 0.459 e. The molecule has 21 heteroatoms. The van der Waals surface area contributed by atoms with Gasteiger partial charge in [0, 0.05) is 57.2 Å². The van der Waals surface area contributed by atoms with Crippen LogP contribution in [-0.4, -0.2) is 189 Å². The van der Waals surface area contributed by atoms with Crippen LogP contribution in [0.1, 0.15) is 106 Å². The lowest BCUT2D eigenvalue weighted by molar-refractivity contribution is -0.318. The maximum Gasteiger partial charge on any atom is 0.311 e. The van der Waals surface area contributed by atoms with Crippen molar-refractivity contribution in [1.29, 1.82) is 0 Å². The number of aliphatic hydroxyl groups is 5. The van der Waals surface area contributed by atoms with E-state index >= 15 is 0 Å². The number of carbonyl (C=O) groups excluding carboxylic acids is 1. The smallest absolute Gasteiger partial charge is 0.311 e. The number of ether oxygens (including phenoxy) is 6. The van der Waals surface area contributed by atoms with E-state index in [4.69, 9.17) is 33.6 Å². The number of hydrogen-bond acceptors (Lipinski definition) is 18. The number of rotatable bonds is 13. The van der Waals surface area contributed by atoms with Crippen LogP contribution in [0.4, 0.5) is 0 Å². The second-order valence-electron chi connectivity index (χ2n) is 21.0. The quantitative estimate of drug-likeness (QED) is 0.156. The third-order valence-corrected chi connectivity index (χ3v) is 15.9. The van der Waals surface area contributed by atoms with Crippen LogP contribution < -0.4 is 5.14 Å². The molecule has 394 valence electrons. The molecule has 7 N–H and O–H groups in total. The Balaban J connectivity index is 1.44. The number of nitrogens with zero attached hydrogens (tertiary/aromatic N) is 5. The summed E-state index contributed by atoms with van der Waals surface area (Å²) in [5.74, 6) is -2.84. The maximum absolute atomic E-state index is 14.5. The fourth-order valence-electron chi connectivity index (χ4n) is 10.6. The van der Waals surface area contributed by atoms with Crippen LogP contribution in [0.5, 0.6) is 0 Å². The Morgan fingerprint density at radius 3 is 2.23 bits per heavy atom. The average molecular weight is 999 g/mol. The van der Waals surface area contributed by atoms with Crippen molar-refractivity contribution in [3.63, 3.8) is 0 Å². The number of likely N-dealkylation sites (N-methyl/N-ethyl adjacent to an activating group) is 2. The van der Waals surface area contributed by atoms with Crippen molar-refractivity contribution in [2.24, 2.45) is 22.9 Å². The number of aliphatic hydroxyl groups excluding tert-OH is 3. The lowest BCUT2D eigenvalue weighted by Crippen LogP contribution is -2.61. The molecule has 18 atom stereocenters. The van der Waals surface area contributed by atoms with Crippen molar-refractivity contribution in [2.45, 2.75) is 203 Å². The molecular formula is C48H82N6O14S. The topological polar surface area (TPSA) is 271 Å². The number of primary sulfonamides is 1. The first-order valence-electron chi connectivity index (χ1n) is 24.3. The number of methoxy groups -OCH3 is 1. The van der Waals surface area contributed by atoms with Crippen LogP contribution in [0.3, 0.4) is 0 Å². The zero-order valence-electron chi connectivity index (χ0n) is 42.8. The van der Waals surface area contributed by atoms with Gasteiger partial charge in [-0.1, -0.05) is 38.1 Å². The first-order chi connectivity index (χ1) is 32.0. The highest BCUT2D eigenvalue weighted by Gasteiger charge is 2.53. The molecule has 20 nitrogen and oxygen atoms in total. The van der Waals surface area contributed by atoms with Crippen molar-refractivity contribution >= 4 is 16.0 Å². The van der Waals surface area contributed by atoms with E-state index < -0.39 is 112 Å². The van der Waals surface area contributed by atoms with Gasteiger partial charge in [0.05, 0.1) is 58.7 Å². The van der Waals surface area contributed by atoms with Gasteiger partial charge in [-0.05, 0) is 105 Å². The highest BCUT2D eigenvalue weighted by atomic mass is 32.2. The standard InChI is InChI=1S/C48H82N6O14S/c1-14-37-48(10,60)41(56)31(6)53(12)24-27(2)22-46(8,59)43(29(4)40(30(5)44(58)66-37)67-38-23-47(9,63-13)42(57)32(7)65-38)68-45-39(55)36(21-28(3)64-45)52(11)20-19-34-26-54(51-50-34)25-33-15-17-35(18-16-33)69(49,61)62/h15-18,26-32,36-43,45,55-57,59-60H,14,19-25H2,1-13H3,(H2,49,61,62)/t27-,28-,29+,30-,31-,32+,36+,37-,38+,39-,40+,41-,42+,43-,45+,46-,47-,48-/m1/s1. The molecule has 2 aromatic rings. The molecule has 1 aromatic carbocycles. The lowest BCUT2D eigenvalue weighted by atomic mass is 9.77. The first-order valence-corrected chi connectivity index (χ1v) is 25.8. The second-order valence-corrected chi connectivity index (χ2v) is 22.6. The molecule has 3 aliphatic heterocycles. The first kappa shape index (κ1) is 57.2. The van der Waals surface area contributed by atoms with Crippen LogP contribution in [0, 0.1) is 17.8 Å². The van der Waals surface area contributed by atoms with Gasteiger partial charge < -0.3 is 63.8 Å². The van der Waals surface area contributed by atoms with E-state index in [2.05, 4.69) is 10.3 Å². The van der Waals surface area contributed by atoms with Gasteiger partial charge in [0.1, 0.15) is 30.0 Å². The molecule has 5 rings (SSSR count). The SMILES string of the molecule is CC[C@H]1OC(=O)[C@H](C)[C@@H](O[C@H]2C[C@@](C)(OC)[C@@H](O)[C@H](C)O2)[C@H](C)[C@@H](O[C@@H]2O[C@H](C)C[C@H](N(C)CCc3cn(Cc4ccc(S(N)(=O)=O)cc4)nn3)[C@H]2O)[C@](C)(O)C[C@@H](C)CN(C)[C@H](C)[C@@H](O)[C@]1(C)O. The molecule has 0 aliphatic carbocycles. The Hall–Kier alpha value is -2.74. The van der Waals surface area contributed by atoms with Crippen molar-refractivity contribution < 1.29 is 67.2 Å². The zero-order chi connectivity index (χ0) is 51.6. The Labute approximate surface area is 408 Å². The minimum absolute atomic E-state index is 0.0195. The average Bonchev–Trinajstić information content (AvgIpc) is 3.73. The lowest BCUT2D eigenvalue weighted by Gasteiger charge is -2.49. The fraction of sp³-hybridized carbons (Fsp3) is 0.812. The molecule has 0 radical (unpaired) electrons. The molecule has 3 fully saturated rings. The summed E-state index contributed by atoms with van der Waals surface area (Å²) >= 11 is 0. The molecule has 0 spiro atoms. The minimum Gasteiger partial charge on any atom is -0.459 e. The fourth-order valence-corrected chi connectivity index (χ4v) is 11.1. The summed E-state index contributed by atoms with van der Waals surface area (Å²) in [5.41, 5.74) is -3.05. The molecular weight excluding hydrogens is 917 g/mol. The molecule has 69 heavy (non-hydrogen) atoms. The van der Waals surface area contributed by atoms with E-state index in [1.165, 1.54) is 26.2 Å². The van der Waals surface area contributed by atoms with Gasteiger partial charge >= 0.3 is 5.97 Å². The number of carbonyl (C=O) groups is 1. The third-order valence-electron chi connectivity index (χ3n) is 15.0. The van der Waals surface area contributed by atoms with Gasteiger partial charge in [-0.2, -0.15) is 0 Å². The van der Waals surface area contributed by atoms with Crippen LogP contribution >= 0.6 is 0 Å². The number of sulfonamides is 1. The summed E-state index contributed by atoms with van der Waals surface area (Å²) in [6.45, 7) is 18.7. The molecule has 1 aromatic heterocycles. The van der Waals surface area contributed by atoms with Gasteiger partial charge in [-0.15, -0.1) is 5.10 Å². The number of benzene rings is 1. The van der Waals surface area contributed by atoms with Gasteiger partial charge in [-0.3, -0.25) is 4.79 Å². The monoisotopic (exact) mass is 999 g/mol. The normalized spacial score (nSPS) is 40.5. The van der Waals surface area contributed by atoms with Crippen LogP contribution in [0.2, 0.25) is 0 Å². The highest BCUT2D eigenvalue weighted by molar-refractivity contribution is 7.89. The van der Waals surface area contributed by atoms with Crippen molar-refractivity contribution in [3.05, 3.63) is 41.7 Å². The summed E-state index contributed by atoms with van der Waals surface area (Å²) in [6, 6.07) is 5.19. The van der Waals surface area contributed by atoms with Crippen molar-refractivity contribution in [2.75, 3.05) is 34.3 Å². The van der Waals surface area contributed by atoms with Gasteiger partial charge in [-0.25, -0.2) is 18.2 Å². The van der Waals surface area contributed by atoms with Crippen LogP contribution in [-0.2, 0) is 56.2 Å². The van der Waals surface area contributed by atoms with Crippen molar-refractivity contribution in [1.82, 2.24) is 24.8 Å². The van der Waals surface area contributed by atoms with E-state index in [1.807, 2.05) is 43.9 Å². The third kappa shape index (κ3) is 13.7. The molecule has 0 bridgehead atoms. The molecule has 0 unspecified atom stereocenters. The number of hydrogen-bond donors (Lipinski definition) is 6. The van der Waals surface area contributed by atoms with Crippen LogP contribution in [0.25, 0.3) is 0 Å². The summed E-state index contributed by atoms with van der Waals surface area (Å²) in [5, 5.41) is 73.4. The summed E-state index contributed by atoms with van der Waals surface area (Å²) in [4.78, 5) is 18.4. The van der Waals surface area contributed by atoms with Crippen molar-refractivity contribution in [3.8, 4) is 0 Å². The van der Waals surface area contributed by atoms with E-state index in [-0.39, 0.29) is 36.2 Å². The van der Waals surface area contributed by atoms with Gasteiger partial charge in [0.2, 0.25) is 10.0 Å². The number of esters is 1. The number of nitrogens with two attached hydrogens (primary N) is 1. The van der Waals surface area contributed by atoms with Gasteiger partial charge in [0.15, 0.2) is 12.6 Å². The Kier molecular flexibility index (Phi) is 19.0. The van der Waals surface area contributed by atoms with Gasteiger partial charge in [0.25, 0.3) is 0 Å². The van der Waals surface area contributed by atoms with E-state index in [0.29, 0.717) is 38.2 Å². The molecule has 3 aliphatic rings. The highest BCUT2D eigenvalue weighted by Crippen LogP contribution is 2.40. The predicted octanol–water partition coefficient (Wildman–Crippen LogP) is 1.80. The Bertz CT molecular complexity index is 2080.